The molecule has 1 rings (SSSR count). The van der Waals surface area contributed by atoms with E-state index in [9.17, 15) is 0 Å². The monoisotopic (exact) mass is 313 g/mol. The van der Waals surface area contributed by atoms with Crippen LogP contribution in [0.25, 0.3) is 0 Å². The molecule has 0 aliphatic rings. The molecule has 0 amide bonds. The molecule has 0 bridgehead atoms. The standard InChI is InChI=1S/C15H24BrNO/c1-12(2)11-18-8-4-7-17-10-14-6-5-13(3)15(16)9-14/h5-6,9,12,17H,4,7-8,10-11H2,1-3H3. The van der Waals surface area contributed by atoms with Crippen molar-refractivity contribution in [3.63, 3.8) is 0 Å². The first-order valence-corrected chi connectivity index (χ1v) is 7.42. The SMILES string of the molecule is Cc1ccc(CNCCCOCC(C)C)cc1Br. The molecule has 0 unspecified atom stereocenters. The van der Waals surface area contributed by atoms with Gasteiger partial charge in [-0.2, -0.15) is 0 Å². The molecule has 1 aromatic carbocycles. The van der Waals surface area contributed by atoms with Crippen LogP contribution in [0.3, 0.4) is 0 Å². The van der Waals surface area contributed by atoms with Gasteiger partial charge in [0.1, 0.15) is 0 Å². The fourth-order valence-electron chi connectivity index (χ4n) is 1.60. The highest BCUT2D eigenvalue weighted by molar-refractivity contribution is 9.10. The molecule has 0 aliphatic heterocycles. The Morgan fingerprint density at radius 3 is 2.78 bits per heavy atom. The quantitative estimate of drug-likeness (QED) is 0.735. The molecule has 0 radical (unpaired) electrons. The first-order valence-electron chi connectivity index (χ1n) is 6.63. The van der Waals surface area contributed by atoms with Gasteiger partial charge in [0.25, 0.3) is 0 Å². The molecule has 1 N–H and O–H groups in total. The van der Waals surface area contributed by atoms with Crippen LogP contribution < -0.4 is 5.32 Å². The summed E-state index contributed by atoms with van der Waals surface area (Å²) in [5.41, 5.74) is 2.59. The van der Waals surface area contributed by atoms with Crippen LogP contribution in [0.15, 0.2) is 22.7 Å². The second-order valence-electron chi connectivity index (χ2n) is 5.08. The Kier molecular flexibility index (Phi) is 7.56. The number of hydrogen-bond acceptors (Lipinski definition) is 2. The molecule has 0 atom stereocenters. The number of nitrogens with one attached hydrogen (secondary N) is 1. The fourth-order valence-corrected chi connectivity index (χ4v) is 2.02. The Balaban J connectivity index is 2.09. The van der Waals surface area contributed by atoms with Gasteiger partial charge in [0.2, 0.25) is 0 Å². The predicted molar refractivity (Wildman–Crippen MR) is 80.9 cm³/mol. The van der Waals surface area contributed by atoms with E-state index >= 15 is 0 Å². The van der Waals surface area contributed by atoms with Crippen LogP contribution in [-0.2, 0) is 11.3 Å². The van der Waals surface area contributed by atoms with Crippen LogP contribution in [-0.4, -0.2) is 19.8 Å². The van der Waals surface area contributed by atoms with E-state index in [2.05, 4.69) is 60.2 Å². The molecule has 3 heteroatoms. The van der Waals surface area contributed by atoms with Gasteiger partial charge in [-0.1, -0.05) is 41.9 Å². The summed E-state index contributed by atoms with van der Waals surface area (Å²) in [6, 6.07) is 6.49. The average molecular weight is 314 g/mol. The minimum absolute atomic E-state index is 0.628. The largest absolute Gasteiger partial charge is 0.381 e. The van der Waals surface area contributed by atoms with Gasteiger partial charge < -0.3 is 10.1 Å². The highest BCUT2D eigenvalue weighted by Gasteiger charge is 1.98. The summed E-state index contributed by atoms with van der Waals surface area (Å²) in [6.45, 7) is 10.1. The maximum Gasteiger partial charge on any atom is 0.0489 e. The van der Waals surface area contributed by atoms with Crippen LogP contribution in [0.4, 0.5) is 0 Å². The van der Waals surface area contributed by atoms with Crippen molar-refractivity contribution in [3.05, 3.63) is 33.8 Å². The van der Waals surface area contributed by atoms with Crippen molar-refractivity contribution in [2.45, 2.75) is 33.7 Å². The van der Waals surface area contributed by atoms with E-state index in [1.807, 2.05) is 0 Å². The molecule has 0 spiro atoms. The number of halogens is 1. The number of aryl methyl sites for hydroxylation is 1. The lowest BCUT2D eigenvalue weighted by Gasteiger charge is -2.08. The van der Waals surface area contributed by atoms with Crippen LogP contribution in [0.2, 0.25) is 0 Å². The first-order chi connectivity index (χ1) is 8.59. The van der Waals surface area contributed by atoms with E-state index in [-0.39, 0.29) is 0 Å². The summed E-state index contributed by atoms with van der Waals surface area (Å²) in [5, 5.41) is 3.44. The smallest absolute Gasteiger partial charge is 0.0489 e. The molecular formula is C15H24BrNO. The van der Waals surface area contributed by atoms with Crippen LogP contribution in [0.5, 0.6) is 0 Å². The molecule has 0 fully saturated rings. The summed E-state index contributed by atoms with van der Waals surface area (Å²) < 4.78 is 6.72. The van der Waals surface area contributed by atoms with Crippen molar-refractivity contribution < 1.29 is 4.74 Å². The highest BCUT2D eigenvalue weighted by Crippen LogP contribution is 2.17. The van der Waals surface area contributed by atoms with Crippen molar-refractivity contribution >= 4 is 15.9 Å². The summed E-state index contributed by atoms with van der Waals surface area (Å²) in [5.74, 6) is 0.628. The molecule has 0 aromatic heterocycles. The first kappa shape index (κ1) is 15.7. The van der Waals surface area contributed by atoms with E-state index < -0.39 is 0 Å². The Hall–Kier alpha value is -0.380. The van der Waals surface area contributed by atoms with E-state index in [1.165, 1.54) is 15.6 Å². The Morgan fingerprint density at radius 2 is 2.11 bits per heavy atom. The number of benzene rings is 1. The maximum atomic E-state index is 5.53. The van der Waals surface area contributed by atoms with Gasteiger partial charge in [0, 0.05) is 24.2 Å². The predicted octanol–water partition coefficient (Wildman–Crippen LogP) is 3.91. The van der Waals surface area contributed by atoms with Gasteiger partial charge in [0.05, 0.1) is 0 Å². The van der Waals surface area contributed by atoms with Gasteiger partial charge in [-0.15, -0.1) is 0 Å². The number of ether oxygens (including phenoxy) is 1. The third-order valence-electron chi connectivity index (χ3n) is 2.66. The summed E-state index contributed by atoms with van der Waals surface area (Å²) in [4.78, 5) is 0. The topological polar surface area (TPSA) is 21.3 Å². The van der Waals surface area contributed by atoms with Gasteiger partial charge in [-0.3, -0.25) is 0 Å². The number of hydrogen-bond donors (Lipinski definition) is 1. The molecule has 1 aromatic rings. The molecule has 0 aliphatic carbocycles. The van der Waals surface area contributed by atoms with Crippen molar-refractivity contribution in [3.8, 4) is 0 Å². The molecule has 0 saturated carbocycles. The van der Waals surface area contributed by atoms with Gasteiger partial charge in [-0.05, 0) is 43.0 Å². The average Bonchev–Trinajstić information content (AvgIpc) is 2.32. The molecule has 0 heterocycles. The summed E-state index contributed by atoms with van der Waals surface area (Å²) in [7, 11) is 0. The number of rotatable bonds is 8. The zero-order valence-electron chi connectivity index (χ0n) is 11.6. The second-order valence-corrected chi connectivity index (χ2v) is 5.94. The Bertz CT molecular complexity index is 352. The van der Waals surface area contributed by atoms with Crippen molar-refractivity contribution in [2.24, 2.45) is 5.92 Å². The Labute approximate surface area is 119 Å². The zero-order valence-corrected chi connectivity index (χ0v) is 13.2. The minimum atomic E-state index is 0.628. The van der Waals surface area contributed by atoms with E-state index in [0.29, 0.717) is 5.92 Å². The van der Waals surface area contributed by atoms with Crippen molar-refractivity contribution in [1.29, 1.82) is 0 Å². The molecular weight excluding hydrogens is 290 g/mol. The minimum Gasteiger partial charge on any atom is -0.381 e. The van der Waals surface area contributed by atoms with E-state index in [4.69, 9.17) is 4.74 Å². The normalized spacial score (nSPS) is 11.2. The van der Waals surface area contributed by atoms with Crippen molar-refractivity contribution in [2.75, 3.05) is 19.8 Å². The molecule has 102 valence electrons. The van der Waals surface area contributed by atoms with Gasteiger partial charge in [0.15, 0.2) is 0 Å². The van der Waals surface area contributed by atoms with Crippen LogP contribution in [0, 0.1) is 12.8 Å². The molecule has 18 heavy (non-hydrogen) atoms. The Morgan fingerprint density at radius 1 is 1.33 bits per heavy atom. The van der Waals surface area contributed by atoms with E-state index in [1.54, 1.807) is 0 Å². The second kappa shape index (κ2) is 8.68. The molecule has 0 saturated heterocycles. The van der Waals surface area contributed by atoms with Crippen LogP contribution in [0.1, 0.15) is 31.4 Å². The third-order valence-corrected chi connectivity index (χ3v) is 3.51. The summed E-state index contributed by atoms with van der Waals surface area (Å²) >= 11 is 3.55. The maximum absolute atomic E-state index is 5.53. The fraction of sp³-hybridized carbons (Fsp3) is 0.600. The summed E-state index contributed by atoms with van der Waals surface area (Å²) in [6.07, 6.45) is 1.07. The van der Waals surface area contributed by atoms with Gasteiger partial charge >= 0.3 is 0 Å². The van der Waals surface area contributed by atoms with Gasteiger partial charge in [-0.25, -0.2) is 0 Å². The third kappa shape index (κ3) is 6.53. The lowest BCUT2D eigenvalue weighted by Crippen LogP contribution is -2.17. The van der Waals surface area contributed by atoms with Crippen molar-refractivity contribution in [1.82, 2.24) is 5.32 Å². The van der Waals surface area contributed by atoms with E-state index in [0.717, 1.165) is 32.7 Å². The highest BCUT2D eigenvalue weighted by atomic mass is 79.9. The molecule has 2 nitrogen and oxygen atoms in total. The zero-order chi connectivity index (χ0) is 13.4. The lowest BCUT2D eigenvalue weighted by molar-refractivity contribution is 0.108. The van der Waals surface area contributed by atoms with Crippen LogP contribution >= 0.6 is 15.9 Å². The lowest BCUT2D eigenvalue weighted by atomic mass is 10.1.